The molecule has 4 rings (SSSR count). The molecule has 4 fully saturated rings. The molecule has 29 heavy (non-hydrogen) atoms. The Morgan fingerprint density at radius 1 is 0.897 bits per heavy atom. The zero-order valence-electron chi connectivity index (χ0n) is 19.9. The summed E-state index contributed by atoms with van der Waals surface area (Å²) < 4.78 is 0. The maximum absolute atomic E-state index is 10.3. The van der Waals surface area contributed by atoms with E-state index in [0.717, 1.165) is 42.9 Å². The normalized spacial score (nSPS) is 50.7. The molecule has 0 spiro atoms. The topological polar surface area (TPSA) is 20.2 Å². The third kappa shape index (κ3) is 3.53. The summed E-state index contributed by atoms with van der Waals surface area (Å²) in [6.07, 6.45) is 15.2. The van der Waals surface area contributed by atoms with Gasteiger partial charge in [-0.05, 0) is 104 Å². The monoisotopic (exact) mass is 422 g/mol. The first-order valence-corrected chi connectivity index (χ1v) is 13.4. The molecule has 9 atom stereocenters. The van der Waals surface area contributed by atoms with Crippen LogP contribution < -0.4 is 0 Å². The Bertz CT molecular complexity index is 589. The molecule has 2 heteroatoms. The Labute approximate surface area is 185 Å². The van der Waals surface area contributed by atoms with Gasteiger partial charge in [0.05, 0.1) is 11.0 Å². The van der Waals surface area contributed by atoms with Gasteiger partial charge in [-0.3, -0.25) is 0 Å². The van der Waals surface area contributed by atoms with E-state index in [1.54, 1.807) is 0 Å². The maximum atomic E-state index is 10.3. The molecule has 0 radical (unpaired) electrons. The smallest absolute Gasteiger partial charge is 0.0543 e. The molecule has 1 unspecified atom stereocenters. The number of alkyl halides is 1. The van der Waals surface area contributed by atoms with Crippen molar-refractivity contribution in [2.75, 3.05) is 0 Å². The largest absolute Gasteiger partial charge is 0.393 e. The lowest BCUT2D eigenvalue weighted by Crippen LogP contribution is -2.63. The van der Waals surface area contributed by atoms with Gasteiger partial charge in [0.1, 0.15) is 0 Å². The molecule has 4 aliphatic rings. The predicted octanol–water partition coefficient (Wildman–Crippen LogP) is 7.83. The molecule has 168 valence electrons. The minimum absolute atomic E-state index is 0.0179. The van der Waals surface area contributed by atoms with Gasteiger partial charge in [-0.2, -0.15) is 0 Å². The van der Waals surface area contributed by atoms with Crippen LogP contribution in [-0.2, 0) is 0 Å². The van der Waals surface area contributed by atoms with Crippen LogP contribution in [0.2, 0.25) is 0 Å². The van der Waals surface area contributed by atoms with Gasteiger partial charge >= 0.3 is 0 Å². The van der Waals surface area contributed by atoms with Gasteiger partial charge in [0.25, 0.3) is 0 Å². The molecule has 4 saturated carbocycles. The van der Waals surface area contributed by atoms with E-state index < -0.39 is 0 Å². The van der Waals surface area contributed by atoms with Gasteiger partial charge < -0.3 is 5.11 Å². The third-order valence-corrected chi connectivity index (χ3v) is 11.8. The van der Waals surface area contributed by atoms with E-state index >= 15 is 0 Å². The number of aliphatic hydroxyl groups excluding tert-OH is 1. The van der Waals surface area contributed by atoms with Crippen molar-refractivity contribution >= 4 is 11.6 Å². The van der Waals surface area contributed by atoms with Crippen LogP contribution in [-0.4, -0.2) is 16.1 Å². The second kappa shape index (κ2) is 7.99. The van der Waals surface area contributed by atoms with Gasteiger partial charge in [-0.15, -0.1) is 11.6 Å². The van der Waals surface area contributed by atoms with Crippen LogP contribution in [0, 0.1) is 46.3 Å². The first-order chi connectivity index (χ1) is 13.6. The molecule has 4 aliphatic carbocycles. The minimum atomic E-state index is -0.0821. The fourth-order valence-corrected chi connectivity index (χ4v) is 9.75. The average Bonchev–Trinajstić information content (AvgIpc) is 3.00. The van der Waals surface area contributed by atoms with Gasteiger partial charge in [0.15, 0.2) is 0 Å². The average molecular weight is 423 g/mol. The third-order valence-electron chi connectivity index (χ3n) is 10.9. The number of hydrogen-bond donors (Lipinski definition) is 1. The van der Waals surface area contributed by atoms with Crippen LogP contribution in [0.1, 0.15) is 112 Å². The zero-order chi connectivity index (χ0) is 21.0. The fourth-order valence-electron chi connectivity index (χ4n) is 9.14. The Kier molecular flexibility index (Phi) is 6.18. The lowest BCUT2D eigenvalue weighted by Gasteiger charge is -2.65. The molecule has 1 N–H and O–H groups in total. The Morgan fingerprint density at radius 2 is 1.62 bits per heavy atom. The zero-order valence-corrected chi connectivity index (χ0v) is 20.6. The van der Waals surface area contributed by atoms with Crippen molar-refractivity contribution in [3.63, 3.8) is 0 Å². The molecular formula is C27H47ClO. The van der Waals surface area contributed by atoms with E-state index in [1.807, 2.05) is 0 Å². The Morgan fingerprint density at radius 3 is 2.34 bits per heavy atom. The molecular weight excluding hydrogens is 376 g/mol. The Balaban J connectivity index is 1.51. The molecule has 0 aromatic rings. The first-order valence-electron chi connectivity index (χ1n) is 13.0. The highest BCUT2D eigenvalue weighted by atomic mass is 35.5. The van der Waals surface area contributed by atoms with E-state index in [9.17, 15) is 5.11 Å². The molecule has 0 bridgehead atoms. The van der Waals surface area contributed by atoms with Crippen LogP contribution in [0.4, 0.5) is 0 Å². The second-order valence-electron chi connectivity index (χ2n) is 12.7. The number of rotatable bonds is 5. The van der Waals surface area contributed by atoms with Crippen LogP contribution in [0.15, 0.2) is 0 Å². The lowest BCUT2D eigenvalue weighted by molar-refractivity contribution is -0.113. The van der Waals surface area contributed by atoms with Crippen molar-refractivity contribution in [2.24, 2.45) is 46.3 Å². The lowest BCUT2D eigenvalue weighted by atomic mass is 9.44. The summed E-state index contributed by atoms with van der Waals surface area (Å²) >= 11 is 7.73. The number of aliphatic hydroxyl groups is 1. The predicted molar refractivity (Wildman–Crippen MR) is 124 cm³/mol. The summed E-state index contributed by atoms with van der Waals surface area (Å²) in [5.41, 5.74) is 0.747. The summed E-state index contributed by atoms with van der Waals surface area (Å²) in [5, 5.41) is 10.3. The molecule has 0 aliphatic heterocycles. The molecule has 1 nitrogen and oxygen atoms in total. The van der Waals surface area contributed by atoms with E-state index in [0.29, 0.717) is 17.3 Å². The summed E-state index contributed by atoms with van der Waals surface area (Å²) in [4.78, 5) is -0.0179. The van der Waals surface area contributed by atoms with Crippen molar-refractivity contribution in [3.05, 3.63) is 0 Å². The van der Waals surface area contributed by atoms with Gasteiger partial charge in [0, 0.05) is 0 Å². The van der Waals surface area contributed by atoms with Gasteiger partial charge in [-0.25, -0.2) is 0 Å². The number of halogens is 1. The van der Waals surface area contributed by atoms with Crippen molar-refractivity contribution < 1.29 is 5.11 Å². The van der Waals surface area contributed by atoms with E-state index in [4.69, 9.17) is 11.6 Å². The van der Waals surface area contributed by atoms with Crippen LogP contribution in [0.5, 0.6) is 0 Å². The standard InChI is InChI=1S/C27H47ClO/c1-18(2)7-6-8-19(3)22-11-12-23-24-10-9-20-17-21(29)13-14-26(20,5)27(24,28)16-15-25(22,23)4/h18-24,29H,6-17H2,1-5H3/t19-,20?,21-,22-,23+,24+,25-,26+,27-/m1/s1. The maximum Gasteiger partial charge on any atom is 0.0543 e. The van der Waals surface area contributed by atoms with Crippen molar-refractivity contribution in [3.8, 4) is 0 Å². The van der Waals surface area contributed by atoms with Crippen molar-refractivity contribution in [2.45, 2.75) is 123 Å². The van der Waals surface area contributed by atoms with Crippen molar-refractivity contribution in [1.82, 2.24) is 0 Å². The summed E-state index contributed by atoms with van der Waals surface area (Å²) in [5.74, 6) is 4.77. The molecule has 0 heterocycles. The Hall–Kier alpha value is 0.250. The summed E-state index contributed by atoms with van der Waals surface area (Å²) in [6.45, 7) is 12.4. The highest BCUT2D eigenvalue weighted by molar-refractivity contribution is 6.25. The SMILES string of the molecule is CC(C)CCC[C@@H](C)[C@H]1CC[C@H]2[C@@H]3CCC4C[C@H](O)CC[C@]4(C)[C@@]3(Cl)CC[C@]12C. The second-order valence-corrected chi connectivity index (χ2v) is 13.4. The fraction of sp³-hybridized carbons (Fsp3) is 1.00. The van der Waals surface area contributed by atoms with Gasteiger partial charge in [0.2, 0.25) is 0 Å². The molecule has 0 aromatic heterocycles. The van der Waals surface area contributed by atoms with Crippen molar-refractivity contribution in [1.29, 1.82) is 0 Å². The highest BCUT2D eigenvalue weighted by Gasteiger charge is 2.66. The van der Waals surface area contributed by atoms with E-state index in [1.165, 1.54) is 57.8 Å². The highest BCUT2D eigenvalue weighted by Crippen LogP contribution is 2.71. The molecule has 0 aromatic carbocycles. The summed E-state index contributed by atoms with van der Waals surface area (Å²) in [6, 6.07) is 0. The first kappa shape index (κ1) is 22.4. The van der Waals surface area contributed by atoms with Crippen LogP contribution in [0.3, 0.4) is 0 Å². The van der Waals surface area contributed by atoms with Crippen LogP contribution in [0.25, 0.3) is 0 Å². The quantitative estimate of drug-likeness (QED) is 0.447. The van der Waals surface area contributed by atoms with Crippen LogP contribution >= 0.6 is 11.6 Å². The minimum Gasteiger partial charge on any atom is -0.393 e. The molecule has 0 saturated heterocycles. The van der Waals surface area contributed by atoms with E-state index in [2.05, 4.69) is 34.6 Å². The summed E-state index contributed by atoms with van der Waals surface area (Å²) in [7, 11) is 0. The number of hydrogen-bond acceptors (Lipinski definition) is 1. The molecule has 0 amide bonds. The number of fused-ring (bicyclic) bond motifs is 5. The van der Waals surface area contributed by atoms with E-state index in [-0.39, 0.29) is 16.4 Å². The van der Waals surface area contributed by atoms with Gasteiger partial charge in [-0.1, -0.05) is 53.9 Å².